The van der Waals surface area contributed by atoms with E-state index in [-0.39, 0.29) is 11.3 Å². The monoisotopic (exact) mass is 531 g/mol. The van der Waals surface area contributed by atoms with Crippen molar-refractivity contribution in [2.24, 2.45) is 0 Å². The number of H-pyrrole nitrogens is 1. The molecule has 39 heavy (non-hydrogen) atoms. The number of aromatic hydroxyl groups is 1. The van der Waals surface area contributed by atoms with E-state index in [0.29, 0.717) is 41.1 Å². The number of hydrogen-bond acceptors (Lipinski definition) is 6. The Kier molecular flexibility index (Phi) is 9.55. The Labute approximate surface area is 226 Å². The Balaban J connectivity index is 1.16. The van der Waals surface area contributed by atoms with E-state index in [2.05, 4.69) is 15.6 Å². The number of fused-ring (bicyclic) bond motifs is 1. The standard InChI is InChI=1S/C30H33N3O6/c34-26-14-12-23(24-13-15-28(36)33-29(24)26)27(35)19-31-16-6-1-2-7-17-39-21-10-11-22(20-8-4-3-5-9-20)25(18-21)32-30(37)38/h3-5,8-15,18,27,31-32,34-35H,1-2,6-7,16-17,19H2,(H,33,36)(H,37,38). The first-order valence-electron chi connectivity index (χ1n) is 13.0. The Bertz CT molecular complexity index is 1450. The van der Waals surface area contributed by atoms with Gasteiger partial charge in [-0.25, -0.2) is 4.79 Å². The predicted octanol–water partition coefficient (Wildman–Crippen LogP) is 5.25. The van der Waals surface area contributed by atoms with Crippen LogP contribution in [0.25, 0.3) is 22.0 Å². The highest BCUT2D eigenvalue weighted by Gasteiger charge is 2.14. The van der Waals surface area contributed by atoms with Crippen LogP contribution in [-0.4, -0.2) is 46.1 Å². The van der Waals surface area contributed by atoms with Crippen molar-refractivity contribution in [2.45, 2.75) is 31.8 Å². The molecule has 0 spiro atoms. The number of phenols is 1. The summed E-state index contributed by atoms with van der Waals surface area (Å²) in [5.74, 6) is 0.581. The van der Waals surface area contributed by atoms with Crippen molar-refractivity contribution in [1.82, 2.24) is 10.3 Å². The fourth-order valence-electron chi connectivity index (χ4n) is 4.50. The number of pyridine rings is 1. The van der Waals surface area contributed by atoms with Gasteiger partial charge in [-0.3, -0.25) is 10.1 Å². The molecule has 4 rings (SSSR count). The predicted molar refractivity (Wildman–Crippen MR) is 152 cm³/mol. The maximum atomic E-state index is 11.6. The van der Waals surface area contributed by atoms with Crippen molar-refractivity contribution in [3.8, 4) is 22.6 Å². The number of aromatic amines is 1. The summed E-state index contributed by atoms with van der Waals surface area (Å²) in [6, 6.07) is 21.1. The van der Waals surface area contributed by atoms with E-state index >= 15 is 0 Å². The van der Waals surface area contributed by atoms with Gasteiger partial charge < -0.3 is 30.4 Å². The first kappa shape index (κ1) is 27.7. The van der Waals surface area contributed by atoms with Gasteiger partial charge in [0.2, 0.25) is 5.56 Å². The van der Waals surface area contributed by atoms with Gasteiger partial charge in [0, 0.05) is 29.6 Å². The second-order valence-electron chi connectivity index (χ2n) is 9.27. The average molecular weight is 532 g/mol. The van der Waals surface area contributed by atoms with E-state index in [1.54, 1.807) is 18.2 Å². The normalized spacial score (nSPS) is 11.8. The molecule has 0 radical (unpaired) electrons. The van der Waals surface area contributed by atoms with Crippen molar-refractivity contribution >= 4 is 22.7 Å². The summed E-state index contributed by atoms with van der Waals surface area (Å²) in [6.07, 6.45) is 1.87. The second-order valence-corrected chi connectivity index (χ2v) is 9.27. The van der Waals surface area contributed by atoms with Crippen LogP contribution in [0.5, 0.6) is 11.5 Å². The average Bonchev–Trinajstić information content (AvgIpc) is 2.93. The summed E-state index contributed by atoms with van der Waals surface area (Å²) in [5, 5.41) is 36.2. The number of aromatic nitrogens is 1. The number of hydrogen-bond donors (Lipinski definition) is 6. The third kappa shape index (κ3) is 7.59. The number of carbonyl (C=O) groups is 1. The summed E-state index contributed by atoms with van der Waals surface area (Å²) in [5.41, 5.74) is 2.84. The number of aliphatic hydroxyl groups excluding tert-OH is 1. The maximum Gasteiger partial charge on any atom is 0.409 e. The van der Waals surface area contributed by atoms with Gasteiger partial charge in [-0.15, -0.1) is 0 Å². The van der Waals surface area contributed by atoms with E-state index in [1.807, 2.05) is 42.5 Å². The summed E-state index contributed by atoms with van der Waals surface area (Å²) in [4.78, 5) is 25.4. The van der Waals surface area contributed by atoms with Crippen molar-refractivity contribution in [3.63, 3.8) is 0 Å². The molecule has 1 unspecified atom stereocenters. The van der Waals surface area contributed by atoms with Crippen LogP contribution < -0.4 is 20.9 Å². The fraction of sp³-hybridized carbons (Fsp3) is 0.267. The quantitative estimate of drug-likeness (QED) is 0.129. The molecular formula is C30H33N3O6. The van der Waals surface area contributed by atoms with E-state index in [0.717, 1.165) is 43.4 Å². The zero-order chi connectivity index (χ0) is 27.6. The first-order valence-corrected chi connectivity index (χ1v) is 13.0. The van der Waals surface area contributed by atoms with Crippen LogP contribution in [0.4, 0.5) is 10.5 Å². The topological polar surface area (TPSA) is 144 Å². The molecule has 0 aliphatic rings. The van der Waals surface area contributed by atoms with Gasteiger partial charge in [-0.1, -0.05) is 49.2 Å². The molecular weight excluding hydrogens is 498 g/mol. The van der Waals surface area contributed by atoms with Crippen LogP contribution >= 0.6 is 0 Å². The second kappa shape index (κ2) is 13.5. The Morgan fingerprint density at radius 1 is 0.949 bits per heavy atom. The molecule has 9 heteroatoms. The SMILES string of the molecule is O=C(O)Nc1cc(OCCCCCCNCC(O)c2ccc(O)c3[nH]c(=O)ccc23)ccc1-c1ccccc1. The van der Waals surface area contributed by atoms with Crippen LogP contribution in [0.15, 0.2) is 77.6 Å². The zero-order valence-corrected chi connectivity index (χ0v) is 21.5. The van der Waals surface area contributed by atoms with Crippen molar-refractivity contribution in [3.05, 3.63) is 88.7 Å². The largest absolute Gasteiger partial charge is 0.506 e. The zero-order valence-electron chi connectivity index (χ0n) is 21.5. The van der Waals surface area contributed by atoms with Crippen LogP contribution in [-0.2, 0) is 0 Å². The van der Waals surface area contributed by atoms with Gasteiger partial charge in [-0.05, 0) is 54.8 Å². The molecule has 0 aliphatic heterocycles. The molecule has 1 atom stereocenters. The summed E-state index contributed by atoms with van der Waals surface area (Å²) >= 11 is 0. The number of anilines is 1. The van der Waals surface area contributed by atoms with Gasteiger partial charge in [0.15, 0.2) is 0 Å². The molecule has 0 aliphatic carbocycles. The third-order valence-corrected chi connectivity index (χ3v) is 6.44. The molecule has 1 heterocycles. The minimum atomic E-state index is -1.13. The molecule has 1 amide bonds. The van der Waals surface area contributed by atoms with Crippen LogP contribution in [0.3, 0.4) is 0 Å². The van der Waals surface area contributed by atoms with Crippen LogP contribution in [0, 0.1) is 0 Å². The number of amides is 1. The van der Waals surface area contributed by atoms with Gasteiger partial charge in [-0.2, -0.15) is 0 Å². The highest BCUT2D eigenvalue weighted by Crippen LogP contribution is 2.32. The highest BCUT2D eigenvalue weighted by atomic mass is 16.5. The lowest BCUT2D eigenvalue weighted by Gasteiger charge is -2.15. The number of aliphatic hydroxyl groups is 1. The smallest absolute Gasteiger partial charge is 0.409 e. The molecule has 6 N–H and O–H groups in total. The Morgan fingerprint density at radius 2 is 1.74 bits per heavy atom. The van der Waals surface area contributed by atoms with Gasteiger partial charge in [0.25, 0.3) is 0 Å². The number of phenolic OH excluding ortho intramolecular Hbond substituents is 1. The van der Waals surface area contributed by atoms with Gasteiger partial charge >= 0.3 is 6.09 Å². The number of rotatable bonds is 13. The molecule has 0 fully saturated rings. The van der Waals surface area contributed by atoms with E-state index < -0.39 is 12.2 Å². The minimum absolute atomic E-state index is 0.0304. The molecule has 204 valence electrons. The molecule has 1 aromatic heterocycles. The van der Waals surface area contributed by atoms with Gasteiger partial charge in [0.05, 0.1) is 23.9 Å². The lowest BCUT2D eigenvalue weighted by atomic mass is 10.0. The molecule has 0 saturated heterocycles. The number of unbranched alkanes of at least 4 members (excludes halogenated alkanes) is 3. The summed E-state index contributed by atoms with van der Waals surface area (Å²) < 4.78 is 5.86. The van der Waals surface area contributed by atoms with Crippen molar-refractivity contribution < 1.29 is 24.9 Å². The minimum Gasteiger partial charge on any atom is -0.506 e. The molecule has 9 nitrogen and oxygen atoms in total. The summed E-state index contributed by atoms with van der Waals surface area (Å²) in [7, 11) is 0. The van der Waals surface area contributed by atoms with Crippen LogP contribution in [0.2, 0.25) is 0 Å². The van der Waals surface area contributed by atoms with E-state index in [9.17, 15) is 24.9 Å². The van der Waals surface area contributed by atoms with E-state index in [1.165, 1.54) is 12.1 Å². The number of nitrogens with one attached hydrogen (secondary N) is 3. The third-order valence-electron chi connectivity index (χ3n) is 6.44. The van der Waals surface area contributed by atoms with Gasteiger partial charge in [0.1, 0.15) is 11.5 Å². The molecule has 0 saturated carbocycles. The van der Waals surface area contributed by atoms with E-state index in [4.69, 9.17) is 4.74 Å². The number of benzene rings is 3. The fourth-order valence-corrected chi connectivity index (χ4v) is 4.50. The highest BCUT2D eigenvalue weighted by molar-refractivity contribution is 5.91. The number of ether oxygens (including phenoxy) is 1. The van der Waals surface area contributed by atoms with Crippen molar-refractivity contribution in [1.29, 1.82) is 0 Å². The van der Waals surface area contributed by atoms with Crippen molar-refractivity contribution in [2.75, 3.05) is 25.0 Å². The Morgan fingerprint density at radius 3 is 2.54 bits per heavy atom. The lowest BCUT2D eigenvalue weighted by Crippen LogP contribution is -2.22. The summed E-state index contributed by atoms with van der Waals surface area (Å²) in [6.45, 7) is 1.63. The lowest BCUT2D eigenvalue weighted by molar-refractivity contribution is 0.176. The van der Waals surface area contributed by atoms with Crippen LogP contribution in [0.1, 0.15) is 37.4 Å². The first-order chi connectivity index (χ1) is 18.9. The molecule has 3 aromatic carbocycles. The maximum absolute atomic E-state index is 11.6. The number of carboxylic acid groups (broad SMARTS) is 1. The molecule has 0 bridgehead atoms. The Hall–Kier alpha value is -4.34. The molecule has 4 aromatic rings.